The highest BCUT2D eigenvalue weighted by molar-refractivity contribution is 9.10. The molecule has 0 spiro atoms. The van der Waals surface area contributed by atoms with E-state index < -0.39 is 6.10 Å². The summed E-state index contributed by atoms with van der Waals surface area (Å²) in [7, 11) is 1.67. The largest absolute Gasteiger partial charge is 0.497 e. The lowest BCUT2D eigenvalue weighted by molar-refractivity contribution is 0.225. The maximum absolute atomic E-state index is 11.0. The third-order valence-corrected chi connectivity index (χ3v) is 6.05. The van der Waals surface area contributed by atoms with Crippen LogP contribution in [0.5, 0.6) is 5.75 Å². The number of aliphatic hydroxyl groups is 1. The molecule has 0 saturated heterocycles. The van der Waals surface area contributed by atoms with Crippen molar-refractivity contribution < 1.29 is 9.84 Å². The Morgan fingerprint density at radius 3 is 2.37 bits per heavy atom. The molecule has 3 heteroatoms. The fraction of sp³-hybridized carbons (Fsp3) is 0.0833. The summed E-state index contributed by atoms with van der Waals surface area (Å²) in [5.41, 5.74) is 6.41. The second-order valence-corrected chi connectivity index (χ2v) is 7.62. The normalized spacial score (nSPS) is 14.9. The maximum Gasteiger partial charge on any atom is 0.118 e. The minimum atomic E-state index is -0.607. The molecule has 1 aliphatic carbocycles. The molecule has 1 atom stereocenters. The Hall–Kier alpha value is -2.62. The molecule has 0 bridgehead atoms. The second kappa shape index (κ2) is 6.22. The molecule has 5 rings (SSSR count). The Kier molecular flexibility index (Phi) is 3.81. The summed E-state index contributed by atoms with van der Waals surface area (Å²) in [5.74, 6) is 0.831. The van der Waals surface area contributed by atoms with Gasteiger partial charge in [-0.25, -0.2) is 0 Å². The first-order valence-electron chi connectivity index (χ1n) is 8.86. The van der Waals surface area contributed by atoms with E-state index in [1.165, 1.54) is 0 Å². The van der Waals surface area contributed by atoms with Crippen molar-refractivity contribution in [3.8, 4) is 28.0 Å². The molecule has 27 heavy (non-hydrogen) atoms. The zero-order chi connectivity index (χ0) is 18.5. The van der Waals surface area contributed by atoms with Crippen LogP contribution >= 0.6 is 15.9 Å². The van der Waals surface area contributed by atoms with E-state index in [1.807, 2.05) is 36.4 Å². The number of methoxy groups -OCH3 is 1. The van der Waals surface area contributed by atoms with Crippen molar-refractivity contribution in [2.75, 3.05) is 7.11 Å². The van der Waals surface area contributed by atoms with Gasteiger partial charge in [-0.1, -0.05) is 64.5 Å². The highest BCUT2D eigenvalue weighted by Crippen LogP contribution is 2.51. The smallest absolute Gasteiger partial charge is 0.118 e. The number of halogens is 1. The van der Waals surface area contributed by atoms with Crippen LogP contribution in [0.1, 0.15) is 17.2 Å². The maximum atomic E-state index is 11.0. The quantitative estimate of drug-likeness (QED) is 0.413. The number of rotatable bonds is 2. The molecule has 0 radical (unpaired) electrons. The molecule has 0 aliphatic heterocycles. The summed E-state index contributed by atoms with van der Waals surface area (Å²) in [6.07, 6.45) is -0.607. The lowest BCUT2D eigenvalue weighted by Crippen LogP contribution is -1.95. The minimum absolute atomic E-state index is 0.607. The zero-order valence-electron chi connectivity index (χ0n) is 14.7. The van der Waals surface area contributed by atoms with Gasteiger partial charge in [0, 0.05) is 4.47 Å². The fourth-order valence-corrected chi connectivity index (χ4v) is 4.58. The van der Waals surface area contributed by atoms with Crippen molar-refractivity contribution in [1.82, 2.24) is 0 Å². The lowest BCUT2D eigenvalue weighted by Gasteiger charge is -2.16. The van der Waals surface area contributed by atoms with Crippen LogP contribution in [0, 0.1) is 0 Å². The van der Waals surface area contributed by atoms with Gasteiger partial charge >= 0.3 is 0 Å². The van der Waals surface area contributed by atoms with Crippen molar-refractivity contribution in [3.05, 3.63) is 88.4 Å². The van der Waals surface area contributed by atoms with Gasteiger partial charge in [0.05, 0.1) is 7.11 Å². The van der Waals surface area contributed by atoms with E-state index in [0.29, 0.717) is 0 Å². The van der Waals surface area contributed by atoms with E-state index >= 15 is 0 Å². The van der Waals surface area contributed by atoms with E-state index in [9.17, 15) is 5.11 Å². The molecule has 0 fully saturated rings. The lowest BCUT2D eigenvalue weighted by atomic mass is 9.89. The molecule has 4 aromatic carbocycles. The number of ether oxygens (including phenoxy) is 1. The highest BCUT2D eigenvalue weighted by atomic mass is 79.9. The molecular formula is C24H17BrO2. The van der Waals surface area contributed by atoms with Gasteiger partial charge < -0.3 is 9.84 Å². The Labute approximate surface area is 166 Å². The van der Waals surface area contributed by atoms with Crippen LogP contribution in [0.2, 0.25) is 0 Å². The molecule has 0 saturated carbocycles. The third kappa shape index (κ3) is 2.43. The van der Waals surface area contributed by atoms with Gasteiger partial charge in [0.1, 0.15) is 11.9 Å². The summed E-state index contributed by atoms with van der Waals surface area (Å²) in [6.45, 7) is 0. The first kappa shape index (κ1) is 16.5. The highest BCUT2D eigenvalue weighted by Gasteiger charge is 2.30. The van der Waals surface area contributed by atoms with Gasteiger partial charge in [-0.05, 0) is 68.4 Å². The predicted molar refractivity (Wildman–Crippen MR) is 113 cm³/mol. The Morgan fingerprint density at radius 1 is 0.815 bits per heavy atom. The van der Waals surface area contributed by atoms with Gasteiger partial charge in [0.2, 0.25) is 0 Å². The number of aliphatic hydroxyl groups excluding tert-OH is 1. The Bertz CT molecular complexity index is 1180. The van der Waals surface area contributed by atoms with Crippen LogP contribution in [0.4, 0.5) is 0 Å². The van der Waals surface area contributed by atoms with Gasteiger partial charge in [-0.15, -0.1) is 0 Å². The molecule has 1 aliphatic rings. The van der Waals surface area contributed by atoms with E-state index in [-0.39, 0.29) is 0 Å². The standard InChI is InChI=1S/C24H17BrO2/c1-27-15-11-9-14(10-12-15)22-17-7-4-8-21(25)19(17)13-20-23(22)16-5-2-3-6-18(16)24(20)26/h2-13,24,26H,1H3. The first-order chi connectivity index (χ1) is 13.2. The molecule has 132 valence electrons. The van der Waals surface area contributed by atoms with Crippen molar-refractivity contribution >= 4 is 26.7 Å². The summed E-state index contributed by atoms with van der Waals surface area (Å²) in [5, 5.41) is 13.3. The number of hydrogen-bond acceptors (Lipinski definition) is 2. The van der Waals surface area contributed by atoms with Crippen LogP contribution in [-0.2, 0) is 0 Å². The molecule has 2 nitrogen and oxygen atoms in total. The SMILES string of the molecule is COc1ccc(-c2c3c(cc4c(Br)cccc24)C(O)c2ccccc2-3)cc1. The molecule has 0 heterocycles. The van der Waals surface area contributed by atoms with Crippen LogP contribution < -0.4 is 4.74 Å². The van der Waals surface area contributed by atoms with Gasteiger partial charge in [-0.3, -0.25) is 0 Å². The third-order valence-electron chi connectivity index (χ3n) is 5.36. The Balaban J connectivity index is 1.92. The second-order valence-electron chi connectivity index (χ2n) is 6.77. The molecule has 1 unspecified atom stereocenters. The van der Waals surface area contributed by atoms with E-state index in [0.717, 1.165) is 54.4 Å². The predicted octanol–water partition coefficient (Wildman–Crippen LogP) is 6.34. The summed E-state index contributed by atoms with van der Waals surface area (Å²) in [6, 6.07) is 24.6. The molecule has 0 amide bonds. The topological polar surface area (TPSA) is 29.5 Å². The van der Waals surface area contributed by atoms with Crippen LogP contribution in [0.25, 0.3) is 33.0 Å². The minimum Gasteiger partial charge on any atom is -0.497 e. The van der Waals surface area contributed by atoms with Gasteiger partial charge in [0.25, 0.3) is 0 Å². The fourth-order valence-electron chi connectivity index (χ4n) is 4.10. The summed E-state index contributed by atoms with van der Waals surface area (Å²) >= 11 is 3.69. The molecular weight excluding hydrogens is 400 g/mol. The average molecular weight is 417 g/mol. The molecule has 0 aromatic heterocycles. The number of hydrogen-bond donors (Lipinski definition) is 1. The van der Waals surface area contributed by atoms with E-state index in [4.69, 9.17) is 4.74 Å². The van der Waals surface area contributed by atoms with Crippen molar-refractivity contribution in [2.45, 2.75) is 6.10 Å². The van der Waals surface area contributed by atoms with Crippen LogP contribution in [0.15, 0.2) is 77.3 Å². The molecule has 1 N–H and O–H groups in total. The van der Waals surface area contributed by atoms with Gasteiger partial charge in [-0.2, -0.15) is 0 Å². The van der Waals surface area contributed by atoms with Crippen molar-refractivity contribution in [2.24, 2.45) is 0 Å². The summed E-state index contributed by atoms with van der Waals surface area (Å²) in [4.78, 5) is 0. The first-order valence-corrected chi connectivity index (χ1v) is 9.65. The van der Waals surface area contributed by atoms with Crippen LogP contribution in [0.3, 0.4) is 0 Å². The zero-order valence-corrected chi connectivity index (χ0v) is 16.3. The average Bonchev–Trinajstić information content (AvgIpc) is 3.00. The monoisotopic (exact) mass is 416 g/mol. The number of benzene rings is 4. The van der Waals surface area contributed by atoms with Crippen molar-refractivity contribution in [3.63, 3.8) is 0 Å². The summed E-state index contributed by atoms with van der Waals surface area (Å²) < 4.78 is 6.36. The van der Waals surface area contributed by atoms with Crippen molar-refractivity contribution in [1.29, 1.82) is 0 Å². The molecule has 4 aromatic rings. The Morgan fingerprint density at radius 2 is 1.59 bits per heavy atom. The number of fused-ring (bicyclic) bond motifs is 4. The van der Waals surface area contributed by atoms with Gasteiger partial charge in [0.15, 0.2) is 0 Å². The van der Waals surface area contributed by atoms with Crippen LogP contribution in [-0.4, -0.2) is 12.2 Å². The van der Waals surface area contributed by atoms with E-state index in [2.05, 4.69) is 52.3 Å². The van der Waals surface area contributed by atoms with E-state index in [1.54, 1.807) is 7.11 Å².